The van der Waals surface area contributed by atoms with Gasteiger partial charge in [0.1, 0.15) is 17.8 Å². The Morgan fingerprint density at radius 3 is 2.37 bits per heavy atom. The number of hydrogen-bond donors (Lipinski definition) is 3. The Labute approximate surface area is 185 Å². The molecule has 2 unspecified atom stereocenters. The smallest absolute Gasteiger partial charge is 0.253 e. The van der Waals surface area contributed by atoms with Crippen molar-refractivity contribution in [1.82, 2.24) is 16.0 Å². The first-order valence-corrected chi connectivity index (χ1v) is 10.3. The number of carbonyl (C=O) groups excluding carboxylic acids is 3. The maximum atomic E-state index is 12.8. The number of benzene rings is 1. The standard InChI is InChI=1S/C21H25Cl2N3O4/c1-12(2)9-18(26-20(28)16-7-6-14(22)10-17(16)23)21(29)25-13(3)19(27)24-11-15-5-4-8-30-15/h4-8,10,12-13,18H,9,11H2,1-3H3,(H,24,27)(H,25,29)(H,26,28). The van der Waals surface area contributed by atoms with E-state index in [0.717, 1.165) is 0 Å². The van der Waals surface area contributed by atoms with Gasteiger partial charge in [-0.05, 0) is 49.6 Å². The molecule has 0 bridgehead atoms. The lowest BCUT2D eigenvalue weighted by Crippen LogP contribution is -2.53. The van der Waals surface area contributed by atoms with Gasteiger partial charge in [0, 0.05) is 5.02 Å². The molecule has 1 aromatic heterocycles. The average Bonchev–Trinajstić information content (AvgIpc) is 3.18. The molecule has 9 heteroatoms. The van der Waals surface area contributed by atoms with Crippen LogP contribution in [0.3, 0.4) is 0 Å². The Balaban J connectivity index is 1.99. The molecule has 0 aliphatic heterocycles. The topological polar surface area (TPSA) is 100 Å². The van der Waals surface area contributed by atoms with E-state index in [9.17, 15) is 14.4 Å². The average molecular weight is 454 g/mol. The minimum absolute atomic E-state index is 0.129. The summed E-state index contributed by atoms with van der Waals surface area (Å²) in [6.45, 7) is 5.65. The maximum Gasteiger partial charge on any atom is 0.253 e. The Hall–Kier alpha value is -2.51. The van der Waals surface area contributed by atoms with Crippen molar-refractivity contribution in [3.8, 4) is 0 Å². The summed E-state index contributed by atoms with van der Waals surface area (Å²) in [5, 5.41) is 8.62. The molecule has 1 heterocycles. The largest absolute Gasteiger partial charge is 0.467 e. The van der Waals surface area contributed by atoms with Crippen molar-refractivity contribution in [1.29, 1.82) is 0 Å². The maximum absolute atomic E-state index is 12.8. The fourth-order valence-electron chi connectivity index (χ4n) is 2.73. The molecule has 3 N–H and O–H groups in total. The lowest BCUT2D eigenvalue weighted by molar-refractivity contribution is -0.129. The Kier molecular flexibility index (Phi) is 8.74. The molecule has 0 saturated carbocycles. The zero-order valence-corrected chi connectivity index (χ0v) is 18.5. The Morgan fingerprint density at radius 2 is 1.77 bits per heavy atom. The van der Waals surface area contributed by atoms with Gasteiger partial charge in [0.15, 0.2) is 0 Å². The van der Waals surface area contributed by atoms with Crippen LogP contribution in [-0.4, -0.2) is 29.8 Å². The van der Waals surface area contributed by atoms with Crippen LogP contribution in [-0.2, 0) is 16.1 Å². The highest BCUT2D eigenvalue weighted by Gasteiger charge is 2.26. The van der Waals surface area contributed by atoms with Crippen LogP contribution in [0.1, 0.15) is 43.3 Å². The summed E-state index contributed by atoms with van der Waals surface area (Å²) >= 11 is 12.0. The summed E-state index contributed by atoms with van der Waals surface area (Å²) in [4.78, 5) is 37.6. The van der Waals surface area contributed by atoms with Crippen LogP contribution in [0.5, 0.6) is 0 Å². The second-order valence-electron chi connectivity index (χ2n) is 7.31. The zero-order chi connectivity index (χ0) is 22.3. The highest BCUT2D eigenvalue weighted by Crippen LogP contribution is 2.21. The first-order chi connectivity index (χ1) is 14.2. The second kappa shape index (κ2) is 11.0. The predicted molar refractivity (Wildman–Crippen MR) is 115 cm³/mol. The molecule has 7 nitrogen and oxygen atoms in total. The van der Waals surface area contributed by atoms with E-state index >= 15 is 0 Å². The van der Waals surface area contributed by atoms with Crippen molar-refractivity contribution >= 4 is 40.9 Å². The third kappa shape index (κ3) is 7.07. The van der Waals surface area contributed by atoms with E-state index in [1.165, 1.54) is 18.4 Å². The second-order valence-corrected chi connectivity index (χ2v) is 8.15. The molecule has 2 atom stereocenters. The van der Waals surface area contributed by atoms with Crippen molar-refractivity contribution < 1.29 is 18.8 Å². The van der Waals surface area contributed by atoms with Crippen molar-refractivity contribution in [2.75, 3.05) is 0 Å². The van der Waals surface area contributed by atoms with Gasteiger partial charge in [0.05, 0.1) is 23.4 Å². The van der Waals surface area contributed by atoms with Crippen LogP contribution < -0.4 is 16.0 Å². The minimum Gasteiger partial charge on any atom is -0.467 e. The minimum atomic E-state index is -0.829. The number of carbonyl (C=O) groups is 3. The van der Waals surface area contributed by atoms with Crippen molar-refractivity contribution in [3.05, 3.63) is 58.0 Å². The van der Waals surface area contributed by atoms with Crippen LogP contribution >= 0.6 is 23.2 Å². The molecule has 30 heavy (non-hydrogen) atoms. The third-order valence-electron chi connectivity index (χ3n) is 4.27. The third-order valence-corrected chi connectivity index (χ3v) is 4.82. The van der Waals surface area contributed by atoms with Gasteiger partial charge in [-0.15, -0.1) is 0 Å². The van der Waals surface area contributed by atoms with Gasteiger partial charge in [0.2, 0.25) is 11.8 Å². The summed E-state index contributed by atoms with van der Waals surface area (Å²) in [7, 11) is 0. The van der Waals surface area contributed by atoms with Gasteiger partial charge in [0.25, 0.3) is 5.91 Å². The van der Waals surface area contributed by atoms with Gasteiger partial charge in [-0.25, -0.2) is 0 Å². The quantitative estimate of drug-likeness (QED) is 0.540. The lowest BCUT2D eigenvalue weighted by atomic mass is 10.0. The van der Waals surface area contributed by atoms with Crippen LogP contribution in [0.15, 0.2) is 41.0 Å². The van der Waals surface area contributed by atoms with Gasteiger partial charge in [-0.1, -0.05) is 37.0 Å². The molecule has 2 aromatic rings. The van der Waals surface area contributed by atoms with E-state index in [0.29, 0.717) is 17.2 Å². The van der Waals surface area contributed by atoms with Crippen molar-refractivity contribution in [2.45, 2.75) is 45.8 Å². The van der Waals surface area contributed by atoms with E-state index in [-0.39, 0.29) is 29.0 Å². The number of halogens is 2. The lowest BCUT2D eigenvalue weighted by Gasteiger charge is -2.22. The molecule has 0 radical (unpaired) electrons. The summed E-state index contributed by atoms with van der Waals surface area (Å²) < 4.78 is 5.16. The highest BCUT2D eigenvalue weighted by atomic mass is 35.5. The molecular formula is C21H25Cl2N3O4. The fourth-order valence-corrected chi connectivity index (χ4v) is 3.23. The monoisotopic (exact) mass is 453 g/mol. The molecule has 0 saturated heterocycles. The summed E-state index contributed by atoms with van der Waals surface area (Å²) in [6, 6.07) is 6.34. The summed E-state index contributed by atoms with van der Waals surface area (Å²) in [5.41, 5.74) is 0.215. The van der Waals surface area contributed by atoms with E-state index < -0.39 is 23.9 Å². The first-order valence-electron chi connectivity index (χ1n) is 9.53. The molecule has 0 spiro atoms. The van der Waals surface area contributed by atoms with Crippen molar-refractivity contribution in [2.24, 2.45) is 5.92 Å². The molecule has 1 aromatic carbocycles. The molecule has 0 aliphatic carbocycles. The zero-order valence-electron chi connectivity index (χ0n) is 17.0. The molecule has 3 amide bonds. The van der Waals surface area contributed by atoms with Crippen LogP contribution in [0.25, 0.3) is 0 Å². The van der Waals surface area contributed by atoms with E-state index in [1.807, 2.05) is 13.8 Å². The van der Waals surface area contributed by atoms with E-state index in [1.54, 1.807) is 25.1 Å². The Bertz CT molecular complexity index is 884. The van der Waals surface area contributed by atoms with Gasteiger partial charge >= 0.3 is 0 Å². The predicted octanol–water partition coefficient (Wildman–Crippen LogP) is 3.55. The molecule has 0 aliphatic rings. The van der Waals surface area contributed by atoms with E-state index in [4.69, 9.17) is 27.6 Å². The fraction of sp³-hybridized carbons (Fsp3) is 0.381. The molecular weight excluding hydrogens is 429 g/mol. The summed E-state index contributed by atoms with van der Waals surface area (Å²) in [5.74, 6) is -0.582. The number of rotatable bonds is 9. The van der Waals surface area contributed by atoms with Crippen LogP contribution in [0.2, 0.25) is 10.0 Å². The van der Waals surface area contributed by atoms with E-state index in [2.05, 4.69) is 16.0 Å². The summed E-state index contributed by atoms with van der Waals surface area (Å²) in [6.07, 6.45) is 1.91. The van der Waals surface area contributed by atoms with Gasteiger partial charge in [-0.3, -0.25) is 14.4 Å². The van der Waals surface area contributed by atoms with Crippen LogP contribution in [0, 0.1) is 5.92 Å². The molecule has 2 rings (SSSR count). The van der Waals surface area contributed by atoms with Crippen LogP contribution in [0.4, 0.5) is 0 Å². The normalized spacial score (nSPS) is 12.9. The number of nitrogens with one attached hydrogen (secondary N) is 3. The highest BCUT2D eigenvalue weighted by molar-refractivity contribution is 6.36. The SMILES string of the molecule is CC(C)CC(NC(=O)c1ccc(Cl)cc1Cl)C(=O)NC(C)C(=O)NCc1ccco1. The van der Waals surface area contributed by atoms with Crippen molar-refractivity contribution in [3.63, 3.8) is 0 Å². The number of amides is 3. The molecule has 0 fully saturated rings. The number of hydrogen-bond acceptors (Lipinski definition) is 4. The first kappa shape index (κ1) is 23.8. The molecule has 162 valence electrons. The number of furan rings is 1. The van der Waals surface area contributed by atoms with Gasteiger partial charge in [-0.2, -0.15) is 0 Å². The Morgan fingerprint density at radius 1 is 1.03 bits per heavy atom. The van der Waals surface area contributed by atoms with Gasteiger partial charge < -0.3 is 20.4 Å².